The molecule has 4 atom stereocenters. The van der Waals surface area contributed by atoms with Crippen LogP contribution in [0, 0.1) is 0 Å². The summed E-state index contributed by atoms with van der Waals surface area (Å²) in [6.45, 7) is 0. The fourth-order valence-electron chi connectivity index (χ4n) is 3.05. The number of fused-ring (bicyclic) bond motifs is 1. The smallest absolute Gasteiger partial charge is 0.217 e. The van der Waals surface area contributed by atoms with Crippen molar-refractivity contribution in [1.82, 2.24) is 5.32 Å². The Bertz CT molecular complexity index is 613. The molecule has 20 heavy (non-hydrogen) atoms. The molecule has 2 aliphatic rings. The van der Waals surface area contributed by atoms with Gasteiger partial charge in [-0.3, -0.25) is 0 Å². The molecule has 1 fully saturated rings. The van der Waals surface area contributed by atoms with Gasteiger partial charge in [-0.25, -0.2) is 0 Å². The van der Waals surface area contributed by atoms with Crippen molar-refractivity contribution in [2.24, 2.45) is 0 Å². The molecular weight excluding hydrogens is 250 g/mol. The minimum atomic E-state index is -0.788. The van der Waals surface area contributed by atoms with Crippen LogP contribution >= 0.6 is 0 Å². The Morgan fingerprint density at radius 3 is 2.60 bits per heavy atom. The van der Waals surface area contributed by atoms with Gasteiger partial charge in [0.05, 0.1) is 6.04 Å². The second-order valence-electron chi connectivity index (χ2n) is 5.55. The molecule has 4 rings (SSSR count). The molecule has 102 valence electrons. The first kappa shape index (κ1) is 11.9. The summed E-state index contributed by atoms with van der Waals surface area (Å²) in [6.07, 6.45) is 0.333. The van der Waals surface area contributed by atoms with Crippen molar-refractivity contribution < 1.29 is 9.84 Å². The summed E-state index contributed by atoms with van der Waals surface area (Å²) in [5.74, 6) is 1.34. The van der Waals surface area contributed by atoms with Crippen LogP contribution in [-0.4, -0.2) is 17.4 Å². The Labute approximate surface area is 118 Å². The van der Waals surface area contributed by atoms with Crippen molar-refractivity contribution in [1.29, 1.82) is 0 Å². The van der Waals surface area contributed by atoms with Crippen LogP contribution in [0.3, 0.4) is 0 Å². The van der Waals surface area contributed by atoms with E-state index in [0.717, 1.165) is 17.7 Å². The molecule has 3 heteroatoms. The predicted octanol–water partition coefficient (Wildman–Crippen LogP) is 2.58. The number of aliphatic hydroxyl groups is 1. The maximum Gasteiger partial charge on any atom is 0.217 e. The Morgan fingerprint density at radius 2 is 1.75 bits per heavy atom. The highest BCUT2D eigenvalue weighted by Crippen LogP contribution is 2.44. The fraction of sp³-hybridized carbons (Fsp3) is 0.294. The topological polar surface area (TPSA) is 41.5 Å². The molecule has 1 aliphatic carbocycles. The number of hydrogen-bond donors (Lipinski definition) is 2. The van der Waals surface area contributed by atoms with E-state index >= 15 is 0 Å². The Kier molecular flexibility index (Phi) is 2.76. The van der Waals surface area contributed by atoms with Gasteiger partial charge in [0.1, 0.15) is 5.75 Å². The molecule has 2 aromatic rings. The maximum absolute atomic E-state index is 10.1. The normalized spacial score (nSPS) is 30.6. The average molecular weight is 267 g/mol. The van der Waals surface area contributed by atoms with E-state index in [9.17, 15) is 5.11 Å². The van der Waals surface area contributed by atoms with Gasteiger partial charge in [0.25, 0.3) is 0 Å². The van der Waals surface area contributed by atoms with E-state index in [2.05, 4.69) is 29.6 Å². The molecule has 3 nitrogen and oxygen atoms in total. The van der Waals surface area contributed by atoms with E-state index in [1.54, 1.807) is 0 Å². The first-order valence-electron chi connectivity index (χ1n) is 7.07. The number of benzene rings is 2. The van der Waals surface area contributed by atoms with Crippen LogP contribution in [0.2, 0.25) is 0 Å². The molecule has 0 amide bonds. The number of para-hydroxylation sites is 1. The molecule has 0 bridgehead atoms. The molecule has 2 N–H and O–H groups in total. The van der Waals surface area contributed by atoms with Crippen LogP contribution in [0.4, 0.5) is 0 Å². The van der Waals surface area contributed by atoms with E-state index in [-0.39, 0.29) is 6.04 Å². The lowest BCUT2D eigenvalue weighted by atomic mass is 10.1. The van der Waals surface area contributed by atoms with Gasteiger partial charge in [0.2, 0.25) is 6.29 Å². The third kappa shape index (κ3) is 1.99. The highest BCUT2D eigenvalue weighted by Gasteiger charge is 2.43. The third-order valence-corrected chi connectivity index (χ3v) is 4.20. The van der Waals surface area contributed by atoms with Gasteiger partial charge in [-0.05, 0) is 18.1 Å². The van der Waals surface area contributed by atoms with Crippen molar-refractivity contribution in [3.8, 4) is 5.75 Å². The minimum absolute atomic E-state index is 0.120. The van der Waals surface area contributed by atoms with Gasteiger partial charge in [0, 0.05) is 17.5 Å². The fourth-order valence-corrected chi connectivity index (χ4v) is 3.05. The molecular formula is C17H17NO2. The minimum Gasteiger partial charge on any atom is -0.463 e. The van der Waals surface area contributed by atoms with Gasteiger partial charge < -0.3 is 15.2 Å². The third-order valence-electron chi connectivity index (χ3n) is 4.20. The van der Waals surface area contributed by atoms with Gasteiger partial charge >= 0.3 is 0 Å². The second kappa shape index (κ2) is 4.62. The van der Waals surface area contributed by atoms with Crippen molar-refractivity contribution >= 4 is 0 Å². The van der Waals surface area contributed by atoms with Gasteiger partial charge in [-0.15, -0.1) is 0 Å². The van der Waals surface area contributed by atoms with E-state index < -0.39 is 6.29 Å². The van der Waals surface area contributed by atoms with Gasteiger partial charge in [0.15, 0.2) is 0 Å². The molecule has 4 unspecified atom stereocenters. The summed E-state index contributed by atoms with van der Waals surface area (Å²) in [5, 5.41) is 13.6. The summed E-state index contributed by atoms with van der Waals surface area (Å²) in [6, 6.07) is 18.7. The van der Waals surface area contributed by atoms with Crippen LogP contribution in [-0.2, 0) is 0 Å². The molecule has 1 aliphatic heterocycles. The Hall–Kier alpha value is -1.84. The van der Waals surface area contributed by atoms with Crippen LogP contribution in [0.1, 0.15) is 29.5 Å². The molecule has 0 radical (unpaired) electrons. The molecule has 0 aromatic heterocycles. The molecule has 2 aromatic carbocycles. The van der Waals surface area contributed by atoms with Crippen LogP contribution in [0.5, 0.6) is 5.75 Å². The second-order valence-corrected chi connectivity index (χ2v) is 5.55. The van der Waals surface area contributed by atoms with Gasteiger partial charge in [-0.2, -0.15) is 0 Å². The summed E-state index contributed by atoms with van der Waals surface area (Å²) >= 11 is 0. The maximum atomic E-state index is 10.1. The number of rotatable bonds is 3. The zero-order valence-corrected chi connectivity index (χ0v) is 11.1. The zero-order chi connectivity index (χ0) is 13.5. The Balaban J connectivity index is 1.49. The summed E-state index contributed by atoms with van der Waals surface area (Å²) in [5.41, 5.74) is 2.42. The van der Waals surface area contributed by atoms with Crippen molar-refractivity contribution in [3.63, 3.8) is 0 Å². The monoisotopic (exact) mass is 267 g/mol. The Morgan fingerprint density at radius 1 is 1.00 bits per heavy atom. The van der Waals surface area contributed by atoms with E-state index in [1.807, 2.05) is 30.3 Å². The van der Waals surface area contributed by atoms with Gasteiger partial charge in [-0.1, -0.05) is 48.5 Å². The highest BCUT2D eigenvalue weighted by molar-refractivity contribution is 5.40. The highest BCUT2D eigenvalue weighted by atomic mass is 16.6. The first-order valence-corrected chi connectivity index (χ1v) is 7.07. The molecule has 1 heterocycles. The van der Waals surface area contributed by atoms with Crippen molar-refractivity contribution in [2.45, 2.75) is 30.7 Å². The predicted molar refractivity (Wildman–Crippen MR) is 76.5 cm³/mol. The van der Waals surface area contributed by atoms with Crippen LogP contribution in [0.15, 0.2) is 54.6 Å². The lowest BCUT2D eigenvalue weighted by Crippen LogP contribution is -2.32. The van der Waals surface area contributed by atoms with Crippen molar-refractivity contribution in [2.75, 3.05) is 0 Å². The van der Waals surface area contributed by atoms with E-state index in [0.29, 0.717) is 12.0 Å². The van der Waals surface area contributed by atoms with Crippen LogP contribution in [0.25, 0.3) is 0 Å². The molecule has 1 saturated carbocycles. The summed E-state index contributed by atoms with van der Waals surface area (Å²) in [4.78, 5) is 0. The zero-order valence-electron chi connectivity index (χ0n) is 11.1. The standard InChI is InChI=1S/C17H17NO2/c19-17-16(12-8-4-5-9-15(12)20-17)18-14-10-13(14)11-6-2-1-3-7-11/h1-9,13-14,16-19H,10H2. The lowest BCUT2D eigenvalue weighted by Gasteiger charge is -2.15. The number of nitrogens with one attached hydrogen (secondary N) is 1. The largest absolute Gasteiger partial charge is 0.463 e. The molecule has 0 spiro atoms. The van der Waals surface area contributed by atoms with Crippen LogP contribution < -0.4 is 10.1 Å². The van der Waals surface area contributed by atoms with E-state index in [1.165, 1.54) is 5.56 Å². The number of ether oxygens (including phenoxy) is 1. The molecule has 0 saturated heterocycles. The quantitative estimate of drug-likeness (QED) is 0.898. The SMILES string of the molecule is OC1Oc2ccccc2C1NC1CC1c1ccccc1. The average Bonchev–Trinajstić information content (AvgIpc) is 3.19. The number of hydrogen-bond acceptors (Lipinski definition) is 3. The number of aliphatic hydroxyl groups excluding tert-OH is 1. The summed E-state index contributed by atoms with van der Waals surface area (Å²) in [7, 11) is 0. The lowest BCUT2D eigenvalue weighted by molar-refractivity contribution is -0.0263. The first-order chi connectivity index (χ1) is 9.83. The van der Waals surface area contributed by atoms with E-state index in [4.69, 9.17) is 4.74 Å². The van der Waals surface area contributed by atoms with Crippen molar-refractivity contribution in [3.05, 3.63) is 65.7 Å². The summed E-state index contributed by atoms with van der Waals surface area (Å²) < 4.78 is 5.48.